The van der Waals surface area contributed by atoms with Gasteiger partial charge in [-0.2, -0.15) is 13.2 Å². The van der Waals surface area contributed by atoms with Crippen LogP contribution in [0.25, 0.3) is 0 Å². The van der Waals surface area contributed by atoms with Gasteiger partial charge in [0.05, 0.1) is 6.04 Å². The number of alkyl halides is 3. The van der Waals surface area contributed by atoms with Gasteiger partial charge in [0.15, 0.2) is 6.10 Å². The van der Waals surface area contributed by atoms with E-state index in [4.69, 9.17) is 0 Å². The maximum absolute atomic E-state index is 14.0. The first-order valence-electron chi connectivity index (χ1n) is 15.3. The molecule has 14 heteroatoms. The van der Waals surface area contributed by atoms with Gasteiger partial charge >= 0.3 is 12.1 Å². The van der Waals surface area contributed by atoms with Crippen molar-refractivity contribution in [1.82, 2.24) is 25.8 Å². The molecule has 5 amide bonds. The molecule has 0 aromatic carbocycles. The summed E-state index contributed by atoms with van der Waals surface area (Å²) >= 11 is 0. The van der Waals surface area contributed by atoms with Gasteiger partial charge in [0.1, 0.15) is 12.1 Å². The van der Waals surface area contributed by atoms with E-state index in [1.807, 2.05) is 33.0 Å². The van der Waals surface area contributed by atoms with E-state index in [9.17, 15) is 42.3 Å². The van der Waals surface area contributed by atoms with Crippen LogP contribution < -0.4 is 16.0 Å². The minimum atomic E-state index is -5.21. The van der Waals surface area contributed by atoms with E-state index in [1.165, 1.54) is 30.6 Å². The Labute approximate surface area is 256 Å². The number of aliphatic hydroxyl groups is 1. The maximum Gasteiger partial charge on any atom is 0.471 e. The van der Waals surface area contributed by atoms with Gasteiger partial charge in [0, 0.05) is 32.1 Å². The molecule has 4 aliphatic rings. The van der Waals surface area contributed by atoms with Crippen molar-refractivity contribution < 1.29 is 42.3 Å². The molecule has 1 saturated carbocycles. The van der Waals surface area contributed by atoms with E-state index in [2.05, 4.69) is 10.6 Å². The van der Waals surface area contributed by atoms with E-state index in [-0.39, 0.29) is 41.5 Å². The first kappa shape index (κ1) is 34.0. The van der Waals surface area contributed by atoms with Crippen LogP contribution >= 0.6 is 0 Å². The van der Waals surface area contributed by atoms with Crippen LogP contribution in [0.5, 0.6) is 0 Å². The van der Waals surface area contributed by atoms with Gasteiger partial charge in [-0.3, -0.25) is 24.0 Å². The van der Waals surface area contributed by atoms with Crippen molar-refractivity contribution in [3.63, 3.8) is 0 Å². The number of piperidine rings is 2. The van der Waals surface area contributed by atoms with Crippen LogP contribution in [0.15, 0.2) is 0 Å². The molecule has 3 heterocycles. The Hall–Kier alpha value is -2.90. The Morgan fingerprint density at radius 3 is 2.18 bits per heavy atom. The van der Waals surface area contributed by atoms with Gasteiger partial charge in [-0.25, -0.2) is 0 Å². The van der Waals surface area contributed by atoms with E-state index >= 15 is 0 Å². The van der Waals surface area contributed by atoms with Gasteiger partial charge in [-0.15, -0.1) is 0 Å². The summed E-state index contributed by atoms with van der Waals surface area (Å²) in [6.07, 6.45) is -5.66. The highest BCUT2D eigenvalue weighted by Crippen LogP contribution is 2.65. The Morgan fingerprint density at radius 1 is 1.05 bits per heavy atom. The summed E-state index contributed by atoms with van der Waals surface area (Å²) in [6.45, 7) is 13.9. The van der Waals surface area contributed by atoms with Gasteiger partial charge in [0.25, 0.3) is 5.91 Å². The number of fused-ring (bicyclic) bond motifs is 1. The van der Waals surface area contributed by atoms with Crippen molar-refractivity contribution in [3.8, 4) is 0 Å². The summed E-state index contributed by atoms with van der Waals surface area (Å²) < 4.78 is 39.5. The average Bonchev–Trinajstić information content (AvgIpc) is 3.20. The van der Waals surface area contributed by atoms with Crippen LogP contribution in [-0.2, 0) is 24.0 Å². The third-order valence-corrected chi connectivity index (χ3v) is 9.86. The van der Waals surface area contributed by atoms with Crippen molar-refractivity contribution in [1.29, 1.82) is 0 Å². The number of halogens is 3. The highest BCUT2D eigenvalue weighted by molar-refractivity contribution is 5.95. The molecule has 0 radical (unpaired) electrons. The average molecular weight is 630 g/mol. The first-order valence-corrected chi connectivity index (χ1v) is 15.3. The lowest BCUT2D eigenvalue weighted by Gasteiger charge is -2.47. The van der Waals surface area contributed by atoms with Gasteiger partial charge in [-0.1, -0.05) is 48.5 Å². The molecule has 44 heavy (non-hydrogen) atoms. The van der Waals surface area contributed by atoms with Gasteiger partial charge < -0.3 is 30.9 Å². The van der Waals surface area contributed by atoms with E-state index in [1.54, 1.807) is 0 Å². The second-order valence-corrected chi connectivity index (χ2v) is 15.4. The predicted octanol–water partition coefficient (Wildman–Crippen LogP) is 1.19. The van der Waals surface area contributed by atoms with Crippen molar-refractivity contribution in [3.05, 3.63) is 0 Å². The molecule has 0 spiro atoms. The number of rotatable bonds is 8. The molecule has 4 rings (SSSR count). The molecule has 4 N–H and O–H groups in total. The number of carbonyl (C=O) groups excluding carboxylic acids is 5. The SMILES string of the molecule is CC1(C)CN(C(=O)[C@H](O)[C@H](C[C@@H]2CCCNC2=O)NC(=O)[C@@H]2[C@@H]3[C@H](CN2C(=O)[C@@H](NC(=O)C(F)(F)F)C(C)(C)C)C3(C)C)C1. The number of likely N-dealkylation sites (tertiary alicyclic amines) is 2. The summed E-state index contributed by atoms with van der Waals surface area (Å²) in [6, 6.07) is -3.83. The highest BCUT2D eigenvalue weighted by atomic mass is 19.4. The minimum absolute atomic E-state index is 0.00781. The molecular weight excluding hydrogens is 583 g/mol. The Balaban J connectivity index is 1.59. The number of amides is 5. The van der Waals surface area contributed by atoms with E-state index in [0.29, 0.717) is 32.5 Å². The van der Waals surface area contributed by atoms with Crippen LogP contribution in [-0.4, -0.2) is 101 Å². The van der Waals surface area contributed by atoms with Crippen molar-refractivity contribution >= 4 is 29.5 Å². The number of nitrogens with zero attached hydrogens (tertiary/aromatic N) is 2. The third-order valence-electron chi connectivity index (χ3n) is 9.86. The second kappa shape index (κ2) is 11.5. The molecule has 7 atom stereocenters. The zero-order valence-corrected chi connectivity index (χ0v) is 26.5. The molecular formula is C30H46F3N5O6. The summed E-state index contributed by atoms with van der Waals surface area (Å²) in [5.41, 5.74) is -1.58. The Morgan fingerprint density at radius 2 is 1.66 bits per heavy atom. The fourth-order valence-corrected chi connectivity index (χ4v) is 7.24. The fourth-order valence-electron chi connectivity index (χ4n) is 7.24. The predicted molar refractivity (Wildman–Crippen MR) is 152 cm³/mol. The minimum Gasteiger partial charge on any atom is -0.381 e. The highest BCUT2D eigenvalue weighted by Gasteiger charge is 2.70. The van der Waals surface area contributed by atoms with Crippen LogP contribution in [0.2, 0.25) is 0 Å². The summed E-state index contributed by atoms with van der Waals surface area (Å²) in [4.78, 5) is 68.3. The van der Waals surface area contributed by atoms with Crippen molar-refractivity contribution in [2.45, 2.75) is 98.1 Å². The Kier molecular flexibility index (Phi) is 8.86. The molecule has 3 aliphatic heterocycles. The van der Waals surface area contributed by atoms with Crippen molar-refractivity contribution in [2.75, 3.05) is 26.2 Å². The molecule has 3 saturated heterocycles. The smallest absolute Gasteiger partial charge is 0.381 e. The standard InChI is InChI=1S/C30H46F3N5O6/c1-27(2,3)21(36-26(44)30(31,32)33)25(43)38-12-16-18(29(16,6)7)19(38)23(41)35-17(11-15-9-8-10-34-22(15)40)20(39)24(42)37-13-28(4,5)14-37/h15-21,39H,8-14H2,1-7H3,(H,34,40)(H,35,41)(H,36,44)/t15-,16-,17-,18-,19-,20+,21+/m0/s1. The second-order valence-electron chi connectivity index (χ2n) is 15.4. The van der Waals surface area contributed by atoms with Gasteiger partial charge in [0.2, 0.25) is 17.7 Å². The van der Waals surface area contributed by atoms with E-state index < -0.39 is 65.4 Å². The first-order chi connectivity index (χ1) is 20.1. The number of aliphatic hydroxyl groups excluding tert-OH is 1. The number of nitrogens with one attached hydrogen (secondary N) is 3. The Bertz CT molecular complexity index is 1190. The molecule has 1 aliphatic carbocycles. The molecule has 0 bridgehead atoms. The zero-order valence-electron chi connectivity index (χ0n) is 26.5. The quantitative estimate of drug-likeness (QED) is 0.317. The lowest BCUT2D eigenvalue weighted by molar-refractivity contribution is -0.176. The van der Waals surface area contributed by atoms with E-state index in [0.717, 1.165) is 0 Å². The van der Waals surface area contributed by atoms with Crippen LogP contribution in [0.1, 0.15) is 67.7 Å². The molecule has 4 fully saturated rings. The van der Waals surface area contributed by atoms with Crippen LogP contribution in [0.3, 0.4) is 0 Å². The lowest BCUT2D eigenvalue weighted by Crippen LogP contribution is -2.63. The van der Waals surface area contributed by atoms with Crippen molar-refractivity contribution in [2.24, 2.45) is 34.0 Å². The normalized spacial score (nSPS) is 29.4. The number of hydrogen-bond donors (Lipinski definition) is 4. The monoisotopic (exact) mass is 629 g/mol. The zero-order chi connectivity index (χ0) is 33.2. The lowest BCUT2D eigenvalue weighted by atomic mass is 9.83. The summed E-state index contributed by atoms with van der Waals surface area (Å²) in [7, 11) is 0. The molecule has 0 aromatic heterocycles. The topological polar surface area (TPSA) is 148 Å². The molecule has 0 aromatic rings. The molecule has 248 valence electrons. The van der Waals surface area contributed by atoms with Crippen LogP contribution in [0, 0.1) is 34.0 Å². The maximum atomic E-state index is 14.0. The summed E-state index contributed by atoms with van der Waals surface area (Å²) in [5.74, 6) is -5.54. The number of hydrogen-bond acceptors (Lipinski definition) is 6. The summed E-state index contributed by atoms with van der Waals surface area (Å²) in [5, 5.41) is 18.6. The molecule has 0 unspecified atom stereocenters. The fraction of sp³-hybridized carbons (Fsp3) is 0.833. The number of carbonyl (C=O) groups is 5. The molecule has 11 nitrogen and oxygen atoms in total. The largest absolute Gasteiger partial charge is 0.471 e. The van der Waals surface area contributed by atoms with Crippen LogP contribution in [0.4, 0.5) is 13.2 Å². The third kappa shape index (κ3) is 6.69. The van der Waals surface area contributed by atoms with Gasteiger partial charge in [-0.05, 0) is 47.3 Å².